The zero-order valence-electron chi connectivity index (χ0n) is 27.2. The van der Waals surface area contributed by atoms with Crippen LogP contribution in [0.2, 0.25) is 0 Å². The highest BCUT2D eigenvalue weighted by Crippen LogP contribution is 2.47. The summed E-state index contributed by atoms with van der Waals surface area (Å²) in [5.41, 5.74) is 10.4. The number of para-hydroxylation sites is 2. The first-order valence-electron chi connectivity index (χ1n) is 16.9. The van der Waals surface area contributed by atoms with E-state index in [1.807, 2.05) is 48.7 Å². The second kappa shape index (κ2) is 11.2. The molecule has 9 aromatic rings. The van der Waals surface area contributed by atoms with Crippen LogP contribution < -0.4 is 4.74 Å². The molecule has 1 aliphatic heterocycles. The van der Waals surface area contributed by atoms with Gasteiger partial charge in [-0.3, -0.25) is 0 Å². The van der Waals surface area contributed by atoms with Crippen molar-refractivity contribution in [2.75, 3.05) is 0 Å². The van der Waals surface area contributed by atoms with E-state index >= 15 is 0 Å². The van der Waals surface area contributed by atoms with Crippen molar-refractivity contribution in [2.24, 2.45) is 0 Å². The third-order valence-electron chi connectivity index (χ3n) is 10.1. The molecular weight excluding hydrogens is 609 g/mol. The van der Waals surface area contributed by atoms with Gasteiger partial charge in [-0.2, -0.15) is 0 Å². The maximum atomic E-state index is 6.51. The van der Waals surface area contributed by atoms with Gasteiger partial charge in [0.05, 0.1) is 6.26 Å². The molecule has 2 nitrogen and oxygen atoms in total. The summed E-state index contributed by atoms with van der Waals surface area (Å²) < 4.78 is 12.9. The largest absolute Gasteiger partial charge is 0.464 e. The zero-order chi connectivity index (χ0) is 33.2. The topological polar surface area (TPSA) is 22.4 Å². The first-order valence-corrected chi connectivity index (χ1v) is 16.9. The summed E-state index contributed by atoms with van der Waals surface area (Å²) >= 11 is 0. The van der Waals surface area contributed by atoms with Gasteiger partial charge in [-0.25, -0.2) is 0 Å². The molecule has 0 spiro atoms. The Hall–Kier alpha value is -6.64. The lowest BCUT2D eigenvalue weighted by Crippen LogP contribution is -2.01. The zero-order valence-corrected chi connectivity index (χ0v) is 27.2. The molecule has 0 atom stereocenters. The summed E-state index contributed by atoms with van der Waals surface area (Å²) in [6.45, 7) is 4.48. The second-order valence-corrected chi connectivity index (χ2v) is 12.9. The number of furan rings is 1. The predicted octanol–water partition coefficient (Wildman–Crippen LogP) is 13.1. The minimum Gasteiger partial charge on any atom is -0.464 e. The molecular formula is C48H30O2. The summed E-state index contributed by atoms with van der Waals surface area (Å²) in [6.07, 6.45) is 1.87. The van der Waals surface area contributed by atoms with Gasteiger partial charge in [0.2, 0.25) is 0 Å². The predicted molar refractivity (Wildman–Crippen MR) is 208 cm³/mol. The number of ether oxygens (including phenoxy) is 1. The fourth-order valence-electron chi connectivity index (χ4n) is 7.85. The highest BCUT2D eigenvalue weighted by Gasteiger charge is 2.26. The lowest BCUT2D eigenvalue weighted by atomic mass is 9.84. The average molecular weight is 639 g/mol. The first kappa shape index (κ1) is 28.4. The molecule has 10 rings (SSSR count). The van der Waals surface area contributed by atoms with E-state index in [1.165, 1.54) is 49.0 Å². The highest BCUT2D eigenvalue weighted by atomic mass is 16.5. The van der Waals surface area contributed by atoms with Gasteiger partial charge in [-0.15, -0.1) is 0 Å². The van der Waals surface area contributed by atoms with Crippen LogP contribution in [0, 0.1) is 0 Å². The fourth-order valence-corrected chi connectivity index (χ4v) is 7.85. The van der Waals surface area contributed by atoms with Gasteiger partial charge in [-0.05, 0) is 72.3 Å². The number of benzene rings is 8. The van der Waals surface area contributed by atoms with E-state index in [0.717, 1.165) is 55.9 Å². The summed E-state index contributed by atoms with van der Waals surface area (Å²) in [5.74, 6) is 1.51. The lowest BCUT2D eigenvalue weighted by Gasteiger charge is -2.19. The number of rotatable bonds is 3. The molecule has 1 aliphatic rings. The molecule has 50 heavy (non-hydrogen) atoms. The monoisotopic (exact) mass is 638 g/mol. The number of hydrogen-bond acceptors (Lipinski definition) is 2. The van der Waals surface area contributed by atoms with Gasteiger partial charge in [0, 0.05) is 27.7 Å². The molecule has 0 fully saturated rings. The van der Waals surface area contributed by atoms with Gasteiger partial charge in [0.15, 0.2) is 0 Å². The quantitative estimate of drug-likeness (QED) is 0.180. The summed E-state index contributed by atoms with van der Waals surface area (Å²) in [7, 11) is 0. The Morgan fingerprint density at radius 2 is 0.940 bits per heavy atom. The van der Waals surface area contributed by atoms with Crippen molar-refractivity contribution in [2.45, 2.75) is 0 Å². The number of fused-ring (bicyclic) bond motifs is 7. The van der Waals surface area contributed by atoms with Crippen LogP contribution in [0.25, 0.3) is 76.7 Å². The highest BCUT2D eigenvalue weighted by molar-refractivity contribution is 6.23. The van der Waals surface area contributed by atoms with E-state index < -0.39 is 0 Å². The van der Waals surface area contributed by atoms with Crippen LogP contribution in [0.15, 0.2) is 181 Å². The summed E-state index contributed by atoms with van der Waals surface area (Å²) in [4.78, 5) is 0. The van der Waals surface area contributed by atoms with E-state index in [-0.39, 0.29) is 0 Å². The van der Waals surface area contributed by atoms with Crippen LogP contribution >= 0.6 is 0 Å². The van der Waals surface area contributed by atoms with Gasteiger partial charge < -0.3 is 9.15 Å². The normalized spacial score (nSPS) is 13.8. The first-order chi connectivity index (χ1) is 24.7. The van der Waals surface area contributed by atoms with E-state index in [1.54, 1.807) is 0 Å². The van der Waals surface area contributed by atoms with Gasteiger partial charge in [0.1, 0.15) is 17.1 Å². The third-order valence-corrected chi connectivity index (χ3v) is 10.1. The number of hydrogen-bond donors (Lipinski definition) is 0. The van der Waals surface area contributed by atoms with Crippen molar-refractivity contribution in [3.63, 3.8) is 0 Å². The minimum absolute atomic E-state index is 0.752. The SMILES string of the molecule is C=C1c2ccccc2O/C=C(/c2ccc(-c3c4ccccc4c(-c4cccc5ccccc45)c4ccccc34)cc2)c2c1oc1ccccc21. The van der Waals surface area contributed by atoms with Crippen LogP contribution in [-0.2, 0) is 0 Å². The molecule has 234 valence electrons. The van der Waals surface area contributed by atoms with Gasteiger partial charge in [0.25, 0.3) is 0 Å². The molecule has 0 radical (unpaired) electrons. The van der Waals surface area contributed by atoms with Crippen LogP contribution in [0.4, 0.5) is 0 Å². The third kappa shape index (κ3) is 4.29. The molecule has 0 saturated heterocycles. The fraction of sp³-hybridized carbons (Fsp3) is 0. The Bertz CT molecular complexity index is 2790. The van der Waals surface area contributed by atoms with Crippen molar-refractivity contribution < 1.29 is 9.15 Å². The van der Waals surface area contributed by atoms with Crippen molar-refractivity contribution >= 4 is 54.4 Å². The molecule has 2 heterocycles. The van der Waals surface area contributed by atoms with E-state index in [0.29, 0.717) is 0 Å². The Labute approximate surface area is 289 Å². The molecule has 0 N–H and O–H groups in total. The Morgan fingerprint density at radius 3 is 1.68 bits per heavy atom. The van der Waals surface area contributed by atoms with Crippen LogP contribution in [0.1, 0.15) is 22.5 Å². The molecule has 0 unspecified atom stereocenters. The maximum absolute atomic E-state index is 6.51. The average Bonchev–Trinajstić information content (AvgIpc) is 3.55. The molecule has 0 aliphatic carbocycles. The van der Waals surface area contributed by atoms with Gasteiger partial charge in [-0.1, -0.05) is 158 Å². The van der Waals surface area contributed by atoms with Gasteiger partial charge >= 0.3 is 0 Å². The van der Waals surface area contributed by atoms with Crippen molar-refractivity contribution in [1.29, 1.82) is 0 Å². The van der Waals surface area contributed by atoms with Crippen LogP contribution in [0.5, 0.6) is 5.75 Å². The standard InChI is InChI=1S/C48H30O2/c1-30-34-15-8-10-23-43(34)49-29-42(47-41-21-9-11-24-44(41)50-48(30)47)32-25-27-33(28-26-32)45-37-17-4-6-19-39(37)46(40-20-7-5-18-38(40)45)36-22-12-14-31-13-2-3-16-35(31)36/h2-29H,1H2/b42-29-. The van der Waals surface area contributed by atoms with E-state index in [9.17, 15) is 0 Å². The van der Waals surface area contributed by atoms with Crippen molar-refractivity contribution in [1.82, 2.24) is 0 Å². The molecule has 0 amide bonds. The van der Waals surface area contributed by atoms with Crippen molar-refractivity contribution in [3.05, 3.63) is 199 Å². The Balaban J connectivity index is 1.18. The van der Waals surface area contributed by atoms with Crippen LogP contribution in [0.3, 0.4) is 0 Å². The van der Waals surface area contributed by atoms with Crippen molar-refractivity contribution in [3.8, 4) is 28.0 Å². The van der Waals surface area contributed by atoms with E-state index in [2.05, 4.69) is 128 Å². The molecule has 0 saturated carbocycles. The molecule has 1 aromatic heterocycles. The van der Waals surface area contributed by atoms with Crippen LogP contribution in [-0.4, -0.2) is 0 Å². The molecule has 2 heteroatoms. The second-order valence-electron chi connectivity index (χ2n) is 12.9. The smallest absolute Gasteiger partial charge is 0.143 e. The Kier molecular flexibility index (Phi) is 6.37. The summed E-state index contributed by atoms with van der Waals surface area (Å²) in [5, 5.41) is 8.47. The Morgan fingerprint density at radius 1 is 0.400 bits per heavy atom. The molecule has 8 aromatic carbocycles. The molecule has 0 bridgehead atoms. The maximum Gasteiger partial charge on any atom is 0.143 e. The summed E-state index contributed by atoms with van der Waals surface area (Å²) in [6, 6.07) is 58.0. The van der Waals surface area contributed by atoms with E-state index in [4.69, 9.17) is 9.15 Å². The minimum atomic E-state index is 0.752. The lowest BCUT2D eigenvalue weighted by molar-refractivity contribution is 0.480.